The molecule has 0 radical (unpaired) electrons. The van der Waals surface area contributed by atoms with E-state index in [4.69, 9.17) is 0 Å². The van der Waals surface area contributed by atoms with Crippen molar-refractivity contribution >= 4 is 0 Å². The third-order valence-electron chi connectivity index (χ3n) is 3.54. The van der Waals surface area contributed by atoms with Crippen molar-refractivity contribution in [3.05, 3.63) is 33.9 Å². The van der Waals surface area contributed by atoms with Crippen LogP contribution >= 0.6 is 0 Å². The SMILES string of the molecule is CCCCCC(CC)(CC)[I-]c1ccccc1. The Bertz CT molecular complexity index is 288. The van der Waals surface area contributed by atoms with Crippen LogP contribution in [-0.2, 0) is 0 Å². The summed E-state index contributed by atoms with van der Waals surface area (Å²) < 4.78 is 2.27. The van der Waals surface area contributed by atoms with Gasteiger partial charge in [-0.2, -0.15) is 0 Å². The molecule has 98 valence electrons. The summed E-state index contributed by atoms with van der Waals surface area (Å²) in [7, 11) is 0. The summed E-state index contributed by atoms with van der Waals surface area (Å²) in [5.41, 5.74) is 0. The molecule has 0 fully saturated rings. The van der Waals surface area contributed by atoms with Crippen LogP contribution in [0.25, 0.3) is 0 Å². The van der Waals surface area contributed by atoms with Crippen molar-refractivity contribution in [2.24, 2.45) is 0 Å². The van der Waals surface area contributed by atoms with Gasteiger partial charge in [0.25, 0.3) is 0 Å². The normalized spacial score (nSPS) is 11.9. The van der Waals surface area contributed by atoms with Gasteiger partial charge < -0.3 is 0 Å². The molecular formula is C16H26I-. The van der Waals surface area contributed by atoms with Crippen molar-refractivity contribution in [3.8, 4) is 0 Å². The summed E-state index contributed by atoms with van der Waals surface area (Å²) in [6.45, 7) is 7.07. The van der Waals surface area contributed by atoms with Gasteiger partial charge in [0, 0.05) is 0 Å². The van der Waals surface area contributed by atoms with Gasteiger partial charge in [-0.05, 0) is 0 Å². The fourth-order valence-corrected chi connectivity index (χ4v) is 5.70. The molecule has 17 heavy (non-hydrogen) atoms. The van der Waals surface area contributed by atoms with Crippen molar-refractivity contribution < 1.29 is 21.2 Å². The van der Waals surface area contributed by atoms with Crippen LogP contribution in [0.1, 0.15) is 59.3 Å². The van der Waals surface area contributed by atoms with Crippen molar-refractivity contribution in [2.75, 3.05) is 0 Å². The molecule has 1 aromatic rings. The number of hydrogen-bond donors (Lipinski definition) is 0. The van der Waals surface area contributed by atoms with Crippen molar-refractivity contribution in [1.29, 1.82) is 0 Å². The summed E-state index contributed by atoms with van der Waals surface area (Å²) >= 11 is 0.156. The zero-order valence-electron chi connectivity index (χ0n) is 11.5. The Morgan fingerprint density at radius 3 is 2.12 bits per heavy atom. The Hall–Kier alpha value is -0.0500. The average Bonchev–Trinajstić information content (AvgIpc) is 2.39. The summed E-state index contributed by atoms with van der Waals surface area (Å²) in [5.74, 6) is 0. The number of rotatable bonds is 8. The zero-order chi connectivity index (χ0) is 12.6. The molecule has 0 spiro atoms. The van der Waals surface area contributed by atoms with E-state index in [1.54, 1.807) is 3.57 Å². The molecule has 1 rings (SSSR count). The molecule has 0 N–H and O–H groups in total. The van der Waals surface area contributed by atoms with Crippen LogP contribution in [0.3, 0.4) is 0 Å². The monoisotopic (exact) mass is 345 g/mol. The number of alkyl halides is 1. The van der Waals surface area contributed by atoms with E-state index in [9.17, 15) is 0 Å². The molecule has 0 saturated carbocycles. The first-order valence-corrected chi connectivity index (χ1v) is 9.13. The van der Waals surface area contributed by atoms with Gasteiger partial charge in [0.1, 0.15) is 0 Å². The van der Waals surface area contributed by atoms with Crippen molar-refractivity contribution in [2.45, 2.75) is 62.7 Å². The Labute approximate surface area is 117 Å². The molecule has 0 nitrogen and oxygen atoms in total. The van der Waals surface area contributed by atoms with Crippen LogP contribution in [0.5, 0.6) is 0 Å². The number of halogens is 1. The minimum absolute atomic E-state index is 0.156. The third-order valence-corrected chi connectivity index (χ3v) is 8.09. The fraction of sp³-hybridized carbons (Fsp3) is 0.625. The maximum absolute atomic E-state index is 2.39. The topological polar surface area (TPSA) is 0 Å². The molecular weight excluding hydrogens is 319 g/mol. The first-order valence-electron chi connectivity index (χ1n) is 6.97. The van der Waals surface area contributed by atoms with Crippen LogP contribution in [-0.4, -0.2) is 3.42 Å². The average molecular weight is 345 g/mol. The van der Waals surface area contributed by atoms with Gasteiger partial charge in [-0.15, -0.1) is 0 Å². The van der Waals surface area contributed by atoms with E-state index in [1.807, 2.05) is 0 Å². The van der Waals surface area contributed by atoms with Crippen LogP contribution in [0.2, 0.25) is 0 Å². The molecule has 0 aliphatic heterocycles. The van der Waals surface area contributed by atoms with Gasteiger partial charge in [0.05, 0.1) is 0 Å². The summed E-state index contributed by atoms with van der Waals surface area (Å²) in [4.78, 5) is 0. The molecule has 0 saturated heterocycles. The zero-order valence-corrected chi connectivity index (χ0v) is 13.7. The van der Waals surface area contributed by atoms with Gasteiger partial charge in [0.15, 0.2) is 0 Å². The number of benzene rings is 1. The van der Waals surface area contributed by atoms with Gasteiger partial charge in [-0.25, -0.2) is 0 Å². The quantitative estimate of drug-likeness (QED) is 0.385. The minimum atomic E-state index is 0.156. The molecule has 0 amide bonds. The van der Waals surface area contributed by atoms with E-state index in [0.717, 1.165) is 0 Å². The molecule has 0 heterocycles. The molecule has 1 heteroatoms. The molecule has 0 bridgehead atoms. The Kier molecular flexibility index (Phi) is 7.17. The maximum atomic E-state index is 2.39. The van der Waals surface area contributed by atoms with Crippen molar-refractivity contribution in [1.82, 2.24) is 0 Å². The van der Waals surface area contributed by atoms with Gasteiger partial charge in [0.2, 0.25) is 0 Å². The summed E-state index contributed by atoms with van der Waals surface area (Å²) in [6.07, 6.45) is 8.32. The Morgan fingerprint density at radius 1 is 0.941 bits per heavy atom. The van der Waals surface area contributed by atoms with E-state index < -0.39 is 0 Å². The van der Waals surface area contributed by atoms with Crippen molar-refractivity contribution in [3.63, 3.8) is 0 Å². The second kappa shape index (κ2) is 8.12. The fourth-order valence-electron chi connectivity index (χ4n) is 2.19. The van der Waals surface area contributed by atoms with Crippen LogP contribution < -0.4 is 21.2 Å². The number of hydrogen-bond acceptors (Lipinski definition) is 0. The predicted octanol–water partition coefficient (Wildman–Crippen LogP) is 2.08. The van der Waals surface area contributed by atoms with Gasteiger partial charge >= 0.3 is 118 Å². The van der Waals surface area contributed by atoms with E-state index in [0.29, 0.717) is 3.42 Å². The molecule has 0 aromatic heterocycles. The Balaban J connectivity index is 2.63. The standard InChI is InChI=1S/C16H26I/c1-4-7-11-14-16(5-2,6-3)17-15-12-9-8-10-13-15/h8-10,12-13H,4-7,11,14H2,1-3H3/q-1. The second-order valence-electron chi connectivity index (χ2n) is 4.71. The first kappa shape index (κ1) is 15.0. The summed E-state index contributed by atoms with van der Waals surface area (Å²) in [5, 5.41) is 0. The molecule has 0 aliphatic carbocycles. The third kappa shape index (κ3) is 4.99. The predicted molar refractivity (Wildman–Crippen MR) is 72.6 cm³/mol. The molecule has 0 aliphatic rings. The van der Waals surface area contributed by atoms with Gasteiger partial charge in [-0.3, -0.25) is 0 Å². The van der Waals surface area contributed by atoms with E-state index in [-0.39, 0.29) is 21.2 Å². The van der Waals surface area contributed by atoms with Crippen LogP contribution in [0.4, 0.5) is 0 Å². The Morgan fingerprint density at radius 2 is 1.59 bits per heavy atom. The van der Waals surface area contributed by atoms with E-state index in [2.05, 4.69) is 51.1 Å². The molecule has 1 aromatic carbocycles. The molecule has 0 unspecified atom stereocenters. The van der Waals surface area contributed by atoms with Gasteiger partial charge in [-0.1, -0.05) is 0 Å². The van der Waals surface area contributed by atoms with Crippen LogP contribution in [0.15, 0.2) is 30.3 Å². The summed E-state index contributed by atoms with van der Waals surface area (Å²) in [6, 6.07) is 11.2. The van der Waals surface area contributed by atoms with E-state index >= 15 is 0 Å². The number of unbranched alkanes of at least 4 members (excludes halogenated alkanes) is 2. The second-order valence-corrected chi connectivity index (χ2v) is 8.78. The first-order chi connectivity index (χ1) is 8.26. The van der Waals surface area contributed by atoms with Crippen LogP contribution in [0, 0.1) is 3.57 Å². The molecule has 0 atom stereocenters. The van der Waals surface area contributed by atoms with E-state index in [1.165, 1.54) is 38.5 Å².